The maximum Gasteiger partial charge on any atom is 0.410 e. The summed E-state index contributed by atoms with van der Waals surface area (Å²) < 4.78 is 12.2. The molecule has 2 fully saturated rings. The Bertz CT molecular complexity index is 1610. The van der Waals surface area contributed by atoms with E-state index in [0.717, 1.165) is 71.3 Å². The molecular formula is C34H39N5O3. The van der Waals surface area contributed by atoms with Gasteiger partial charge in [-0.05, 0) is 94.7 Å². The molecule has 218 valence electrons. The first-order valence-corrected chi connectivity index (χ1v) is 15.3. The van der Waals surface area contributed by atoms with Crippen LogP contribution in [-0.2, 0) is 17.6 Å². The van der Waals surface area contributed by atoms with Gasteiger partial charge in [-0.25, -0.2) is 14.8 Å². The van der Waals surface area contributed by atoms with Crippen molar-refractivity contribution in [2.75, 3.05) is 6.54 Å². The topological polar surface area (TPSA) is 96.1 Å². The van der Waals surface area contributed by atoms with Gasteiger partial charge in [0.1, 0.15) is 28.7 Å². The van der Waals surface area contributed by atoms with Crippen LogP contribution in [0.25, 0.3) is 22.5 Å². The minimum atomic E-state index is -0.530. The van der Waals surface area contributed by atoms with Crippen molar-refractivity contribution in [2.45, 2.75) is 89.7 Å². The molecule has 0 radical (unpaired) electrons. The van der Waals surface area contributed by atoms with E-state index in [0.29, 0.717) is 12.5 Å². The molecule has 1 saturated heterocycles. The highest BCUT2D eigenvalue weighted by atomic mass is 16.6. The summed E-state index contributed by atoms with van der Waals surface area (Å²) in [7, 11) is 0. The Balaban J connectivity index is 1.09. The van der Waals surface area contributed by atoms with Crippen molar-refractivity contribution in [3.05, 3.63) is 71.6 Å². The molecule has 7 rings (SSSR count). The number of imidazole rings is 2. The zero-order valence-electron chi connectivity index (χ0n) is 24.7. The Morgan fingerprint density at radius 1 is 0.857 bits per heavy atom. The Morgan fingerprint density at radius 3 is 2.33 bits per heavy atom. The van der Waals surface area contributed by atoms with Crippen molar-refractivity contribution >= 4 is 6.09 Å². The number of carbonyl (C=O) groups excluding carboxylic acids is 1. The quantitative estimate of drug-likeness (QED) is 0.261. The van der Waals surface area contributed by atoms with E-state index in [-0.39, 0.29) is 12.1 Å². The molecular weight excluding hydrogens is 526 g/mol. The summed E-state index contributed by atoms with van der Waals surface area (Å²) in [4.78, 5) is 31.1. The van der Waals surface area contributed by atoms with E-state index in [9.17, 15) is 4.79 Å². The number of aromatic nitrogens is 4. The molecule has 0 unspecified atom stereocenters. The number of amides is 1. The predicted molar refractivity (Wildman–Crippen MR) is 162 cm³/mol. The summed E-state index contributed by atoms with van der Waals surface area (Å²) in [5, 5.41) is 0. The molecule has 4 aromatic rings. The van der Waals surface area contributed by atoms with Crippen LogP contribution in [0.5, 0.6) is 11.5 Å². The van der Waals surface area contributed by atoms with Gasteiger partial charge >= 0.3 is 6.09 Å². The van der Waals surface area contributed by atoms with Crippen molar-refractivity contribution in [2.24, 2.45) is 0 Å². The standard InChI is InChI=1S/C34H39N5O3/c1-34(2,3)42-33(40)39-16-6-9-28(39)32-36-20-27(38-32)24-12-10-21-11-13-25-17-23(14-15-29(25)41-30(21)18-24)26-19-35-31(37-26)22-7-4-5-8-22/h10,12,14-15,17-20,22,28H,4-9,11,13,16H2,1-3H3,(H,35,37)(H,36,38)/t28-/m0/s1. The van der Waals surface area contributed by atoms with Gasteiger partial charge in [0.15, 0.2) is 0 Å². The van der Waals surface area contributed by atoms with E-state index in [4.69, 9.17) is 14.5 Å². The van der Waals surface area contributed by atoms with Gasteiger partial charge in [-0.1, -0.05) is 25.0 Å². The van der Waals surface area contributed by atoms with Gasteiger partial charge < -0.3 is 19.4 Å². The van der Waals surface area contributed by atoms with Gasteiger partial charge in [-0.3, -0.25) is 4.90 Å². The van der Waals surface area contributed by atoms with Crippen LogP contribution in [0.1, 0.15) is 94.0 Å². The number of ether oxygens (including phenoxy) is 2. The molecule has 1 atom stereocenters. The Labute approximate surface area is 246 Å². The number of benzene rings is 2. The van der Waals surface area contributed by atoms with Gasteiger partial charge in [0, 0.05) is 23.6 Å². The predicted octanol–water partition coefficient (Wildman–Crippen LogP) is 8.09. The Hall–Kier alpha value is -4.07. The van der Waals surface area contributed by atoms with Gasteiger partial charge in [0.2, 0.25) is 0 Å². The molecule has 0 spiro atoms. The van der Waals surface area contributed by atoms with Crippen LogP contribution in [0.4, 0.5) is 4.79 Å². The highest BCUT2D eigenvalue weighted by molar-refractivity contribution is 5.69. The molecule has 8 heteroatoms. The summed E-state index contributed by atoms with van der Waals surface area (Å²) in [6.45, 7) is 6.35. The second-order valence-electron chi connectivity index (χ2n) is 12.9. The van der Waals surface area contributed by atoms with Crippen molar-refractivity contribution in [3.63, 3.8) is 0 Å². The zero-order chi connectivity index (χ0) is 28.8. The average Bonchev–Trinajstić information content (AvgIpc) is 3.77. The molecule has 1 aliphatic carbocycles. The van der Waals surface area contributed by atoms with Crippen LogP contribution in [-0.4, -0.2) is 43.1 Å². The highest BCUT2D eigenvalue weighted by Gasteiger charge is 2.35. The van der Waals surface area contributed by atoms with E-state index < -0.39 is 5.60 Å². The third-order valence-electron chi connectivity index (χ3n) is 8.76. The molecule has 4 heterocycles. The summed E-state index contributed by atoms with van der Waals surface area (Å²) in [6, 6.07) is 12.7. The SMILES string of the molecule is CC(C)(C)OC(=O)N1CCC[C@H]1c1ncc(-c2ccc3c(c2)Oc2ccc(-c4cnc(C5CCCC5)[nH]4)cc2CC3)[nH]1. The lowest BCUT2D eigenvalue weighted by atomic mass is 10.0. The first-order valence-electron chi connectivity index (χ1n) is 15.3. The fourth-order valence-corrected chi connectivity index (χ4v) is 6.59. The Morgan fingerprint density at radius 2 is 1.55 bits per heavy atom. The zero-order valence-corrected chi connectivity index (χ0v) is 24.7. The number of nitrogens with zero attached hydrogens (tertiary/aromatic N) is 3. The normalized spacial score (nSPS) is 18.8. The van der Waals surface area contributed by atoms with Crippen LogP contribution in [0.15, 0.2) is 48.8 Å². The molecule has 2 aromatic carbocycles. The fraction of sp³-hybridized carbons (Fsp3) is 0.441. The van der Waals surface area contributed by atoms with Crippen molar-refractivity contribution in [1.29, 1.82) is 0 Å². The van der Waals surface area contributed by atoms with Gasteiger partial charge in [-0.15, -0.1) is 0 Å². The molecule has 8 nitrogen and oxygen atoms in total. The summed E-state index contributed by atoms with van der Waals surface area (Å²) >= 11 is 0. The monoisotopic (exact) mass is 565 g/mol. The number of hydrogen-bond donors (Lipinski definition) is 2. The van der Waals surface area contributed by atoms with E-state index in [1.165, 1.54) is 36.8 Å². The van der Waals surface area contributed by atoms with E-state index in [1.807, 2.05) is 33.2 Å². The minimum Gasteiger partial charge on any atom is -0.457 e. The smallest absolute Gasteiger partial charge is 0.410 e. The van der Waals surface area contributed by atoms with Crippen LogP contribution < -0.4 is 4.74 Å². The van der Waals surface area contributed by atoms with Crippen LogP contribution in [0.2, 0.25) is 0 Å². The summed E-state index contributed by atoms with van der Waals surface area (Å²) in [5.74, 6) is 4.25. The number of H-pyrrole nitrogens is 2. The number of hydrogen-bond acceptors (Lipinski definition) is 5. The molecule has 0 bridgehead atoms. The second-order valence-corrected chi connectivity index (χ2v) is 12.9. The lowest BCUT2D eigenvalue weighted by Crippen LogP contribution is -2.36. The molecule has 2 aromatic heterocycles. The molecule has 3 aliphatic rings. The van der Waals surface area contributed by atoms with Crippen molar-refractivity contribution < 1.29 is 14.3 Å². The van der Waals surface area contributed by atoms with Gasteiger partial charge in [-0.2, -0.15) is 0 Å². The Kier molecular flexibility index (Phi) is 6.79. The van der Waals surface area contributed by atoms with Crippen LogP contribution >= 0.6 is 0 Å². The average molecular weight is 566 g/mol. The van der Waals surface area contributed by atoms with Crippen molar-refractivity contribution in [3.8, 4) is 34.0 Å². The lowest BCUT2D eigenvalue weighted by molar-refractivity contribution is 0.0218. The fourth-order valence-electron chi connectivity index (χ4n) is 6.59. The molecule has 42 heavy (non-hydrogen) atoms. The largest absolute Gasteiger partial charge is 0.457 e. The van der Waals surface area contributed by atoms with Gasteiger partial charge in [0.25, 0.3) is 0 Å². The number of rotatable bonds is 4. The maximum atomic E-state index is 12.8. The maximum absolute atomic E-state index is 12.8. The molecule has 1 amide bonds. The molecule has 1 saturated carbocycles. The number of aromatic amines is 2. The number of likely N-dealkylation sites (tertiary alicyclic amines) is 1. The minimum absolute atomic E-state index is 0.115. The van der Waals surface area contributed by atoms with Crippen LogP contribution in [0.3, 0.4) is 0 Å². The lowest BCUT2D eigenvalue weighted by Gasteiger charge is -2.27. The van der Waals surface area contributed by atoms with E-state index in [1.54, 1.807) is 4.90 Å². The number of nitrogens with one attached hydrogen (secondary N) is 2. The highest BCUT2D eigenvalue weighted by Crippen LogP contribution is 2.39. The molecule has 2 aliphatic heterocycles. The third-order valence-corrected chi connectivity index (χ3v) is 8.76. The summed E-state index contributed by atoms with van der Waals surface area (Å²) in [5.41, 5.74) is 6.00. The van der Waals surface area contributed by atoms with Crippen molar-refractivity contribution in [1.82, 2.24) is 24.8 Å². The van der Waals surface area contributed by atoms with Crippen LogP contribution in [0, 0.1) is 0 Å². The molecule has 2 N–H and O–H groups in total. The number of aryl methyl sites for hydroxylation is 2. The third kappa shape index (κ3) is 5.30. The van der Waals surface area contributed by atoms with Gasteiger partial charge in [0.05, 0.1) is 29.8 Å². The van der Waals surface area contributed by atoms with E-state index >= 15 is 0 Å². The number of fused-ring (bicyclic) bond motifs is 2. The first-order chi connectivity index (χ1) is 20.3. The second kappa shape index (κ2) is 10.6. The summed E-state index contributed by atoms with van der Waals surface area (Å²) in [6.07, 6.45) is 12.2. The first kappa shape index (κ1) is 26.8. The van der Waals surface area contributed by atoms with E-state index in [2.05, 4.69) is 51.4 Å². The number of carbonyl (C=O) groups is 1.